The SMILES string of the molecule is Nc1ccc(F)cc1C(=O)Nc1nncs1. The molecule has 1 amide bonds. The highest BCUT2D eigenvalue weighted by atomic mass is 32.1. The molecule has 7 heteroatoms. The normalized spacial score (nSPS) is 10.1. The summed E-state index contributed by atoms with van der Waals surface area (Å²) in [6, 6.07) is 3.60. The van der Waals surface area contributed by atoms with Gasteiger partial charge < -0.3 is 5.73 Å². The van der Waals surface area contributed by atoms with Crippen molar-refractivity contribution < 1.29 is 9.18 Å². The first-order valence-corrected chi connectivity index (χ1v) is 5.17. The topological polar surface area (TPSA) is 80.9 Å². The van der Waals surface area contributed by atoms with E-state index in [1.807, 2.05) is 0 Å². The van der Waals surface area contributed by atoms with Crippen LogP contribution in [0.2, 0.25) is 0 Å². The van der Waals surface area contributed by atoms with Crippen LogP contribution >= 0.6 is 11.3 Å². The van der Waals surface area contributed by atoms with E-state index >= 15 is 0 Å². The van der Waals surface area contributed by atoms with Gasteiger partial charge in [0, 0.05) is 5.69 Å². The van der Waals surface area contributed by atoms with Gasteiger partial charge in [-0.05, 0) is 18.2 Å². The summed E-state index contributed by atoms with van der Waals surface area (Å²) in [5.41, 5.74) is 7.33. The molecule has 2 aromatic rings. The Labute approximate surface area is 94.1 Å². The van der Waals surface area contributed by atoms with Gasteiger partial charge in [0.25, 0.3) is 5.91 Å². The molecule has 0 spiro atoms. The zero-order valence-electron chi connectivity index (χ0n) is 7.98. The largest absolute Gasteiger partial charge is 0.398 e. The summed E-state index contributed by atoms with van der Waals surface area (Å²) in [5, 5.41) is 10.0. The molecule has 1 aromatic carbocycles. The highest BCUT2D eigenvalue weighted by Crippen LogP contribution is 2.16. The summed E-state index contributed by atoms with van der Waals surface area (Å²) in [7, 11) is 0. The standard InChI is InChI=1S/C9H7FN4OS/c10-5-1-2-7(11)6(3-5)8(15)13-9-14-12-4-16-9/h1-4H,11H2,(H,13,14,15). The van der Waals surface area contributed by atoms with E-state index in [2.05, 4.69) is 15.5 Å². The number of nitrogens with two attached hydrogens (primary N) is 1. The number of halogens is 1. The maximum absolute atomic E-state index is 12.9. The number of hydrogen-bond acceptors (Lipinski definition) is 5. The van der Waals surface area contributed by atoms with Gasteiger partial charge >= 0.3 is 0 Å². The Hall–Kier alpha value is -2.02. The average Bonchev–Trinajstić information content (AvgIpc) is 2.74. The summed E-state index contributed by atoms with van der Waals surface area (Å²) >= 11 is 1.17. The Morgan fingerprint density at radius 2 is 2.31 bits per heavy atom. The lowest BCUT2D eigenvalue weighted by Gasteiger charge is -2.04. The third-order valence-electron chi connectivity index (χ3n) is 1.84. The summed E-state index contributed by atoms with van der Waals surface area (Å²) < 4.78 is 12.9. The first-order chi connectivity index (χ1) is 7.66. The van der Waals surface area contributed by atoms with E-state index in [1.165, 1.54) is 29.0 Å². The van der Waals surface area contributed by atoms with Crippen LogP contribution in [-0.2, 0) is 0 Å². The minimum Gasteiger partial charge on any atom is -0.398 e. The molecule has 0 aliphatic heterocycles. The Morgan fingerprint density at radius 3 is 3.00 bits per heavy atom. The fourth-order valence-electron chi connectivity index (χ4n) is 1.12. The average molecular weight is 238 g/mol. The van der Waals surface area contributed by atoms with Crippen LogP contribution in [0.4, 0.5) is 15.2 Å². The number of nitrogens with one attached hydrogen (secondary N) is 1. The lowest BCUT2D eigenvalue weighted by atomic mass is 10.1. The predicted molar refractivity (Wildman–Crippen MR) is 58.7 cm³/mol. The van der Waals surface area contributed by atoms with Crippen LogP contribution in [-0.4, -0.2) is 16.1 Å². The van der Waals surface area contributed by atoms with E-state index in [1.54, 1.807) is 0 Å². The van der Waals surface area contributed by atoms with Gasteiger partial charge in [-0.2, -0.15) is 0 Å². The molecule has 0 atom stereocenters. The van der Waals surface area contributed by atoms with Crippen molar-refractivity contribution in [2.45, 2.75) is 0 Å². The molecule has 0 aliphatic carbocycles. The molecule has 5 nitrogen and oxygen atoms in total. The van der Waals surface area contributed by atoms with Crippen LogP contribution in [0.3, 0.4) is 0 Å². The zero-order valence-corrected chi connectivity index (χ0v) is 8.79. The third-order valence-corrected chi connectivity index (χ3v) is 2.45. The smallest absolute Gasteiger partial charge is 0.259 e. The van der Waals surface area contributed by atoms with Crippen LogP contribution in [0.5, 0.6) is 0 Å². The first-order valence-electron chi connectivity index (χ1n) is 4.29. The number of rotatable bonds is 2. The summed E-state index contributed by atoms with van der Waals surface area (Å²) in [6.07, 6.45) is 0. The lowest BCUT2D eigenvalue weighted by molar-refractivity contribution is 0.102. The second kappa shape index (κ2) is 4.23. The minimum absolute atomic E-state index is 0.0789. The fraction of sp³-hybridized carbons (Fsp3) is 0. The Balaban J connectivity index is 2.24. The number of amides is 1. The minimum atomic E-state index is -0.517. The van der Waals surface area contributed by atoms with Gasteiger partial charge in [0.15, 0.2) is 0 Å². The van der Waals surface area contributed by atoms with Crippen molar-refractivity contribution >= 4 is 28.1 Å². The molecule has 82 valence electrons. The molecule has 0 aliphatic rings. The quantitative estimate of drug-likeness (QED) is 0.777. The molecule has 1 aromatic heterocycles. The summed E-state index contributed by atoms with van der Waals surface area (Å²) in [6.45, 7) is 0. The molecule has 0 unspecified atom stereocenters. The van der Waals surface area contributed by atoms with Crippen LogP contribution in [0.15, 0.2) is 23.7 Å². The number of benzene rings is 1. The zero-order chi connectivity index (χ0) is 11.5. The highest BCUT2D eigenvalue weighted by molar-refractivity contribution is 7.13. The third kappa shape index (κ3) is 2.14. The highest BCUT2D eigenvalue weighted by Gasteiger charge is 2.12. The Morgan fingerprint density at radius 1 is 1.50 bits per heavy atom. The van der Waals surface area contributed by atoms with Crippen LogP contribution in [0, 0.1) is 5.82 Å². The van der Waals surface area contributed by atoms with Crippen molar-refractivity contribution in [3.05, 3.63) is 35.1 Å². The monoisotopic (exact) mass is 238 g/mol. The summed E-state index contributed by atoms with van der Waals surface area (Å²) in [5.74, 6) is -1.02. The van der Waals surface area contributed by atoms with E-state index < -0.39 is 11.7 Å². The first kappa shape index (κ1) is 10.5. The van der Waals surface area contributed by atoms with Gasteiger partial charge in [0.2, 0.25) is 5.13 Å². The van der Waals surface area contributed by atoms with Crippen molar-refractivity contribution in [2.24, 2.45) is 0 Å². The fourth-order valence-corrected chi connectivity index (χ4v) is 1.56. The number of aromatic nitrogens is 2. The molecule has 0 saturated carbocycles. The molecule has 16 heavy (non-hydrogen) atoms. The van der Waals surface area contributed by atoms with Gasteiger partial charge in [0.1, 0.15) is 11.3 Å². The van der Waals surface area contributed by atoms with E-state index in [9.17, 15) is 9.18 Å². The van der Waals surface area contributed by atoms with Gasteiger partial charge in [-0.3, -0.25) is 10.1 Å². The van der Waals surface area contributed by atoms with E-state index in [4.69, 9.17) is 5.73 Å². The lowest BCUT2D eigenvalue weighted by Crippen LogP contribution is -2.14. The van der Waals surface area contributed by atoms with Crippen molar-refractivity contribution in [2.75, 3.05) is 11.1 Å². The molecule has 0 radical (unpaired) electrons. The van der Waals surface area contributed by atoms with E-state index in [-0.39, 0.29) is 11.3 Å². The number of carbonyl (C=O) groups is 1. The van der Waals surface area contributed by atoms with Gasteiger partial charge in [-0.1, -0.05) is 11.3 Å². The van der Waals surface area contributed by atoms with Gasteiger partial charge in [0.05, 0.1) is 5.56 Å². The number of carbonyl (C=O) groups excluding carboxylic acids is 1. The Kier molecular flexibility index (Phi) is 2.78. The maximum Gasteiger partial charge on any atom is 0.259 e. The van der Waals surface area contributed by atoms with Crippen LogP contribution < -0.4 is 11.1 Å². The van der Waals surface area contributed by atoms with Crippen molar-refractivity contribution in [1.29, 1.82) is 0 Å². The van der Waals surface area contributed by atoms with Crippen molar-refractivity contribution in [1.82, 2.24) is 10.2 Å². The molecule has 2 rings (SSSR count). The molecule has 0 saturated heterocycles. The predicted octanol–water partition coefficient (Wildman–Crippen LogP) is 1.51. The number of nitrogens with zero attached hydrogens (tertiary/aromatic N) is 2. The molecule has 1 heterocycles. The molecular formula is C9H7FN4OS. The maximum atomic E-state index is 12.9. The van der Waals surface area contributed by atoms with E-state index in [0.717, 1.165) is 6.07 Å². The molecule has 0 fully saturated rings. The van der Waals surface area contributed by atoms with Gasteiger partial charge in [-0.15, -0.1) is 10.2 Å². The van der Waals surface area contributed by atoms with E-state index in [0.29, 0.717) is 5.13 Å². The number of nitrogen functional groups attached to an aromatic ring is 1. The van der Waals surface area contributed by atoms with Crippen molar-refractivity contribution in [3.63, 3.8) is 0 Å². The Bertz CT molecular complexity index is 514. The summed E-state index contributed by atoms with van der Waals surface area (Å²) in [4.78, 5) is 11.7. The van der Waals surface area contributed by atoms with Crippen LogP contribution in [0.25, 0.3) is 0 Å². The molecular weight excluding hydrogens is 231 g/mol. The van der Waals surface area contributed by atoms with Gasteiger partial charge in [-0.25, -0.2) is 4.39 Å². The number of hydrogen-bond donors (Lipinski definition) is 2. The second-order valence-corrected chi connectivity index (χ2v) is 3.76. The van der Waals surface area contributed by atoms with Crippen LogP contribution in [0.1, 0.15) is 10.4 Å². The second-order valence-electron chi connectivity index (χ2n) is 2.93. The molecule has 3 N–H and O–H groups in total. The van der Waals surface area contributed by atoms with Crippen molar-refractivity contribution in [3.8, 4) is 0 Å². The molecule has 0 bridgehead atoms. The number of anilines is 2.